The van der Waals surface area contributed by atoms with Crippen LogP contribution >= 0.6 is 0 Å². The largest absolute Gasteiger partial charge is 0.451 e. The number of ether oxygens (including phenoxy) is 1. The van der Waals surface area contributed by atoms with E-state index in [4.69, 9.17) is 4.74 Å². The fourth-order valence-corrected chi connectivity index (χ4v) is 1.99. The van der Waals surface area contributed by atoms with E-state index in [0.29, 0.717) is 0 Å². The molecule has 0 aliphatic heterocycles. The molecule has 3 nitrogen and oxygen atoms in total. The average Bonchev–Trinajstić information content (AvgIpc) is 2.31. The lowest BCUT2D eigenvalue weighted by Crippen LogP contribution is -2.52. The van der Waals surface area contributed by atoms with E-state index >= 15 is 0 Å². The van der Waals surface area contributed by atoms with Crippen LogP contribution in [0.3, 0.4) is 0 Å². The quantitative estimate of drug-likeness (QED) is 0.490. The summed E-state index contributed by atoms with van der Waals surface area (Å²) >= 11 is 0. The maximum absolute atomic E-state index is 12.7. The van der Waals surface area contributed by atoms with Gasteiger partial charge in [-0.05, 0) is 38.7 Å². The minimum Gasteiger partial charge on any atom is -0.451 e. The van der Waals surface area contributed by atoms with Gasteiger partial charge in [0.2, 0.25) is 0 Å². The zero-order valence-electron chi connectivity index (χ0n) is 10.7. The predicted molar refractivity (Wildman–Crippen MR) is 63.3 cm³/mol. The maximum atomic E-state index is 12.7. The lowest BCUT2D eigenvalue weighted by molar-refractivity contribution is -0.277. The zero-order valence-corrected chi connectivity index (χ0v) is 10.7. The molecule has 1 fully saturated rings. The Morgan fingerprint density at radius 2 is 1.79 bits per heavy atom. The van der Waals surface area contributed by atoms with Crippen LogP contribution in [0, 0.1) is 0 Å². The molecule has 0 unspecified atom stereocenters. The highest BCUT2D eigenvalue weighted by molar-refractivity contribution is 5.87. The van der Waals surface area contributed by atoms with Gasteiger partial charge in [0, 0.05) is 5.57 Å². The molecule has 1 N–H and O–H groups in total. The summed E-state index contributed by atoms with van der Waals surface area (Å²) in [7, 11) is 0. The molecule has 0 aromatic rings. The lowest BCUT2D eigenvalue weighted by Gasteiger charge is -2.42. The smallest absolute Gasteiger partial charge is 0.417 e. The minimum atomic E-state index is -4.68. The van der Waals surface area contributed by atoms with Gasteiger partial charge < -0.3 is 9.84 Å². The van der Waals surface area contributed by atoms with Crippen LogP contribution in [0.15, 0.2) is 24.8 Å². The van der Waals surface area contributed by atoms with Gasteiger partial charge in [0.25, 0.3) is 0 Å². The van der Waals surface area contributed by atoms with Crippen molar-refractivity contribution in [3.05, 3.63) is 24.8 Å². The highest BCUT2D eigenvalue weighted by Gasteiger charge is 2.57. The van der Waals surface area contributed by atoms with Crippen LogP contribution in [-0.4, -0.2) is 28.5 Å². The molecule has 108 valence electrons. The van der Waals surface area contributed by atoms with Crippen LogP contribution in [0.4, 0.5) is 13.2 Å². The summed E-state index contributed by atoms with van der Waals surface area (Å²) in [6, 6.07) is 0. The van der Waals surface area contributed by atoms with Gasteiger partial charge >= 0.3 is 12.1 Å². The van der Waals surface area contributed by atoms with Gasteiger partial charge in [-0.3, -0.25) is 0 Å². The van der Waals surface area contributed by atoms with Crippen molar-refractivity contribution < 1.29 is 27.8 Å². The van der Waals surface area contributed by atoms with Crippen molar-refractivity contribution in [2.75, 3.05) is 0 Å². The summed E-state index contributed by atoms with van der Waals surface area (Å²) in [5.41, 5.74) is -3.71. The lowest BCUT2D eigenvalue weighted by atomic mass is 9.75. The predicted octanol–water partition coefficient (Wildman–Crippen LogP) is 2.90. The van der Waals surface area contributed by atoms with Crippen LogP contribution in [0.25, 0.3) is 0 Å². The van der Waals surface area contributed by atoms with Gasteiger partial charge in [0.05, 0.1) is 0 Å². The van der Waals surface area contributed by atoms with Crippen molar-refractivity contribution in [1.82, 2.24) is 0 Å². The number of carbonyl (C=O) groups is 1. The molecule has 0 spiro atoms. The molecule has 1 rings (SSSR count). The number of hydrogen-bond donors (Lipinski definition) is 1. The topological polar surface area (TPSA) is 46.5 Å². The number of carbonyl (C=O) groups excluding carboxylic acids is 1. The van der Waals surface area contributed by atoms with E-state index in [1.54, 1.807) is 0 Å². The van der Waals surface area contributed by atoms with Crippen molar-refractivity contribution in [2.45, 2.75) is 50.0 Å². The highest BCUT2D eigenvalue weighted by Crippen LogP contribution is 2.46. The second kappa shape index (κ2) is 5.00. The number of esters is 1. The molecular formula is C13H17F3O3. The number of rotatable bonds is 3. The van der Waals surface area contributed by atoms with E-state index in [0.717, 1.165) is 0 Å². The van der Waals surface area contributed by atoms with E-state index in [2.05, 4.69) is 13.2 Å². The summed E-state index contributed by atoms with van der Waals surface area (Å²) < 4.78 is 43.2. The Kier molecular flexibility index (Phi) is 4.14. The molecule has 0 radical (unpaired) electrons. The summed E-state index contributed by atoms with van der Waals surface area (Å²) in [6.45, 7) is 8.38. The number of halogens is 3. The first-order valence-electron chi connectivity index (χ1n) is 5.87. The van der Waals surface area contributed by atoms with Gasteiger partial charge in [-0.1, -0.05) is 13.2 Å². The van der Waals surface area contributed by atoms with E-state index in [1.807, 2.05) is 0 Å². The first-order valence-corrected chi connectivity index (χ1v) is 5.87. The molecule has 0 bridgehead atoms. The van der Waals surface area contributed by atoms with Gasteiger partial charge in [-0.15, -0.1) is 0 Å². The molecule has 0 atom stereocenters. The Morgan fingerprint density at radius 3 is 2.11 bits per heavy atom. The van der Waals surface area contributed by atoms with Crippen molar-refractivity contribution in [3.8, 4) is 0 Å². The summed E-state index contributed by atoms with van der Waals surface area (Å²) in [4.78, 5) is 11.5. The first kappa shape index (κ1) is 15.8. The standard InChI is InChI=1S/C13H17F3O3/c1-4-11(19-10(17)9(2)3)5-7-12(18,8-6-11)13(14,15)16/h4,18H,1-2,5-8H2,3H3. The molecule has 6 heteroatoms. The van der Waals surface area contributed by atoms with Gasteiger partial charge in [-0.2, -0.15) is 13.2 Å². The van der Waals surface area contributed by atoms with Gasteiger partial charge in [-0.25, -0.2) is 4.79 Å². The van der Waals surface area contributed by atoms with Crippen molar-refractivity contribution in [2.24, 2.45) is 0 Å². The summed E-state index contributed by atoms with van der Waals surface area (Å²) in [5.74, 6) is -0.669. The molecule has 0 heterocycles. The van der Waals surface area contributed by atoms with E-state index in [-0.39, 0.29) is 18.4 Å². The summed E-state index contributed by atoms with van der Waals surface area (Å²) in [6.07, 6.45) is -4.64. The highest BCUT2D eigenvalue weighted by atomic mass is 19.4. The van der Waals surface area contributed by atoms with Gasteiger partial charge in [0.1, 0.15) is 5.60 Å². The van der Waals surface area contributed by atoms with E-state index in [1.165, 1.54) is 13.0 Å². The van der Waals surface area contributed by atoms with Crippen LogP contribution in [0.2, 0.25) is 0 Å². The SMILES string of the molecule is C=CC1(OC(=O)C(=C)C)CCC(O)(C(F)(F)F)CC1. The Labute approximate surface area is 109 Å². The Morgan fingerprint density at radius 1 is 1.32 bits per heavy atom. The third-order valence-corrected chi connectivity index (χ3v) is 3.47. The number of aliphatic hydroxyl groups is 1. The third-order valence-electron chi connectivity index (χ3n) is 3.47. The zero-order chi connectivity index (χ0) is 14.9. The van der Waals surface area contributed by atoms with Crippen molar-refractivity contribution in [3.63, 3.8) is 0 Å². The molecule has 0 aromatic carbocycles. The molecule has 1 aliphatic carbocycles. The second-order valence-electron chi connectivity index (χ2n) is 4.97. The summed E-state index contributed by atoms with van der Waals surface area (Å²) in [5, 5.41) is 9.56. The number of hydrogen-bond acceptors (Lipinski definition) is 3. The normalized spacial score (nSPS) is 31.6. The van der Waals surface area contributed by atoms with Crippen molar-refractivity contribution >= 4 is 5.97 Å². The Balaban J connectivity index is 2.81. The van der Waals surface area contributed by atoms with Crippen LogP contribution in [-0.2, 0) is 9.53 Å². The molecule has 0 amide bonds. The molecule has 0 saturated heterocycles. The molecule has 1 aliphatic rings. The van der Waals surface area contributed by atoms with Crippen LogP contribution in [0.1, 0.15) is 32.6 Å². The van der Waals surface area contributed by atoms with Gasteiger partial charge in [0.15, 0.2) is 5.60 Å². The van der Waals surface area contributed by atoms with E-state index in [9.17, 15) is 23.1 Å². The average molecular weight is 278 g/mol. The molecule has 19 heavy (non-hydrogen) atoms. The first-order chi connectivity index (χ1) is 8.55. The molecular weight excluding hydrogens is 261 g/mol. The van der Waals surface area contributed by atoms with E-state index < -0.39 is 36.2 Å². The molecule has 0 aromatic heterocycles. The van der Waals surface area contributed by atoms with Crippen LogP contribution < -0.4 is 0 Å². The fraction of sp³-hybridized carbons (Fsp3) is 0.615. The minimum absolute atomic E-state index is 0.120. The van der Waals surface area contributed by atoms with Crippen molar-refractivity contribution in [1.29, 1.82) is 0 Å². The fourth-order valence-electron chi connectivity index (χ4n) is 1.99. The molecule has 1 saturated carbocycles. The number of alkyl halides is 3. The van der Waals surface area contributed by atoms with Crippen LogP contribution in [0.5, 0.6) is 0 Å². The second-order valence-corrected chi connectivity index (χ2v) is 4.97. The monoisotopic (exact) mass is 278 g/mol. The Bertz CT molecular complexity index is 390. The maximum Gasteiger partial charge on any atom is 0.417 e. The Hall–Kier alpha value is -1.30. The third kappa shape index (κ3) is 3.18.